The lowest BCUT2D eigenvalue weighted by molar-refractivity contribution is -0.406. The fraction of sp³-hybridized carbons (Fsp3) is 1.00. The van der Waals surface area contributed by atoms with Crippen molar-refractivity contribution in [3.05, 3.63) is 0 Å². The van der Waals surface area contributed by atoms with Crippen LogP contribution in [-0.2, 0) is 4.74 Å². The Bertz CT molecular complexity index is 573. The molecule has 15 heteroatoms. The van der Waals surface area contributed by atoms with Crippen LogP contribution in [0.5, 0.6) is 0 Å². The average Bonchev–Trinajstić information content (AvgIpc) is 2.55. The minimum atomic E-state index is -6.49. The average molecular weight is 502 g/mol. The fourth-order valence-electron chi connectivity index (χ4n) is 3.83. The van der Waals surface area contributed by atoms with Gasteiger partial charge in [0.05, 0.1) is 11.7 Å². The molecule has 0 heterocycles. The highest BCUT2D eigenvalue weighted by Gasteiger charge is 2.78. The van der Waals surface area contributed by atoms with Crippen molar-refractivity contribution in [1.29, 1.82) is 0 Å². The van der Waals surface area contributed by atoms with Crippen LogP contribution in [0.4, 0.5) is 52.7 Å². The van der Waals surface area contributed by atoms with Crippen LogP contribution in [0.2, 0.25) is 0 Å². The number of ether oxygens (including phenoxy) is 1. The summed E-state index contributed by atoms with van der Waals surface area (Å²) in [7, 11) is 0. The molecule has 0 aromatic carbocycles. The predicted molar refractivity (Wildman–Crippen MR) is 84.2 cm³/mol. The molecule has 0 aromatic heterocycles. The Labute approximate surface area is 174 Å². The molecule has 192 valence electrons. The van der Waals surface area contributed by atoms with Crippen molar-refractivity contribution in [2.24, 2.45) is 11.8 Å². The van der Waals surface area contributed by atoms with Crippen LogP contribution in [0.15, 0.2) is 0 Å². The summed E-state index contributed by atoms with van der Waals surface area (Å²) in [6.07, 6.45) is -32.7. The highest BCUT2D eigenvalue weighted by Crippen LogP contribution is 2.58. The Balaban J connectivity index is 3.68. The van der Waals surface area contributed by atoms with Gasteiger partial charge in [-0.1, -0.05) is 6.92 Å². The molecular weight excluding hydrogens is 480 g/mol. The minimum absolute atomic E-state index is 0.0461. The number of rotatable bonds is 5. The molecular formula is C17H22F12O3. The van der Waals surface area contributed by atoms with E-state index in [1.54, 1.807) is 0 Å². The molecule has 0 spiro atoms. The van der Waals surface area contributed by atoms with E-state index < -0.39 is 78.7 Å². The van der Waals surface area contributed by atoms with E-state index in [0.29, 0.717) is 0 Å². The molecule has 3 nitrogen and oxygen atoms in total. The third kappa shape index (κ3) is 5.08. The van der Waals surface area contributed by atoms with Crippen LogP contribution in [0.1, 0.15) is 46.5 Å². The van der Waals surface area contributed by atoms with Crippen molar-refractivity contribution < 1.29 is 67.6 Å². The molecule has 1 saturated carbocycles. The van der Waals surface area contributed by atoms with Crippen LogP contribution >= 0.6 is 0 Å². The number of alkyl halides is 12. The standard InChI is InChI=1S/C17H22F12O3/c1-4-11(2,3)32-10-6-8(12(30,14(18,19)20)15(21,22)23)5-9(7-10)13(31,16(24,25)26)17(27,28)29/h8-10,30-31H,4-7H2,1-3H3. The Hall–Kier alpha value is -0.960. The van der Waals surface area contributed by atoms with Crippen molar-refractivity contribution in [3.8, 4) is 0 Å². The van der Waals surface area contributed by atoms with Gasteiger partial charge in [0.1, 0.15) is 0 Å². The number of hydrogen-bond acceptors (Lipinski definition) is 3. The van der Waals surface area contributed by atoms with Crippen molar-refractivity contribution in [1.82, 2.24) is 0 Å². The molecule has 32 heavy (non-hydrogen) atoms. The molecule has 1 aliphatic rings. The monoisotopic (exact) mass is 502 g/mol. The fourth-order valence-corrected chi connectivity index (χ4v) is 3.83. The van der Waals surface area contributed by atoms with Gasteiger partial charge < -0.3 is 14.9 Å². The largest absolute Gasteiger partial charge is 0.426 e. The van der Waals surface area contributed by atoms with E-state index in [2.05, 4.69) is 0 Å². The number of halogens is 12. The Morgan fingerprint density at radius 1 is 0.625 bits per heavy atom. The van der Waals surface area contributed by atoms with E-state index in [1.165, 1.54) is 20.8 Å². The second kappa shape index (κ2) is 8.36. The first-order chi connectivity index (χ1) is 13.8. The molecule has 0 radical (unpaired) electrons. The van der Waals surface area contributed by atoms with Gasteiger partial charge in [-0.05, 0) is 39.5 Å². The summed E-state index contributed by atoms with van der Waals surface area (Å²) < 4.78 is 165. The minimum Gasteiger partial charge on any atom is -0.373 e. The zero-order chi connectivity index (χ0) is 25.8. The molecule has 1 aliphatic carbocycles. The van der Waals surface area contributed by atoms with Gasteiger partial charge in [0, 0.05) is 11.8 Å². The Kier molecular flexibility index (Phi) is 7.60. The Morgan fingerprint density at radius 2 is 0.906 bits per heavy atom. The van der Waals surface area contributed by atoms with Gasteiger partial charge in [-0.2, -0.15) is 52.7 Å². The summed E-state index contributed by atoms with van der Waals surface area (Å²) in [6, 6.07) is 0. The number of aliphatic hydroxyl groups is 2. The first-order valence-electron chi connectivity index (χ1n) is 9.24. The number of hydrogen-bond donors (Lipinski definition) is 2. The van der Waals surface area contributed by atoms with Crippen molar-refractivity contribution >= 4 is 0 Å². The molecule has 1 rings (SSSR count). The van der Waals surface area contributed by atoms with E-state index in [-0.39, 0.29) is 6.42 Å². The van der Waals surface area contributed by atoms with Crippen molar-refractivity contribution in [2.45, 2.75) is 94.1 Å². The summed E-state index contributed by atoms with van der Waals surface area (Å²) in [5.41, 5.74) is -12.6. The third-order valence-electron chi connectivity index (χ3n) is 5.91. The molecule has 0 bridgehead atoms. The van der Waals surface area contributed by atoms with Gasteiger partial charge in [-0.25, -0.2) is 0 Å². The van der Waals surface area contributed by atoms with Gasteiger partial charge in [0.15, 0.2) is 0 Å². The SMILES string of the molecule is CCC(C)(C)OC1CC(C(O)(C(F)(F)F)C(F)(F)F)CC(C(O)(C(F)(F)F)C(F)(F)F)C1. The quantitative estimate of drug-likeness (QED) is 0.476. The lowest BCUT2D eigenvalue weighted by atomic mass is 9.65. The van der Waals surface area contributed by atoms with Gasteiger partial charge in [0.2, 0.25) is 0 Å². The summed E-state index contributed by atoms with van der Waals surface area (Å²) in [5.74, 6) is -6.43. The van der Waals surface area contributed by atoms with E-state index in [4.69, 9.17) is 4.74 Å². The summed E-state index contributed by atoms with van der Waals surface area (Å²) >= 11 is 0. The van der Waals surface area contributed by atoms with Crippen LogP contribution < -0.4 is 0 Å². The van der Waals surface area contributed by atoms with Gasteiger partial charge in [-0.3, -0.25) is 0 Å². The zero-order valence-electron chi connectivity index (χ0n) is 16.9. The maximum Gasteiger partial charge on any atom is 0.426 e. The normalized spacial score (nSPS) is 25.2. The summed E-state index contributed by atoms with van der Waals surface area (Å²) in [4.78, 5) is 0. The molecule has 0 aliphatic heterocycles. The zero-order valence-corrected chi connectivity index (χ0v) is 16.9. The maximum absolute atomic E-state index is 13.3. The van der Waals surface area contributed by atoms with E-state index in [9.17, 15) is 62.9 Å². The molecule has 1 fully saturated rings. The van der Waals surface area contributed by atoms with Crippen LogP contribution in [0.3, 0.4) is 0 Å². The molecule has 0 aromatic rings. The topological polar surface area (TPSA) is 49.7 Å². The first kappa shape index (κ1) is 29.1. The summed E-state index contributed by atoms with van der Waals surface area (Å²) in [5, 5.41) is 19.2. The van der Waals surface area contributed by atoms with E-state index in [0.717, 1.165) is 0 Å². The second-order valence-corrected chi connectivity index (χ2v) is 8.48. The second-order valence-electron chi connectivity index (χ2n) is 8.48. The lowest BCUT2D eigenvalue weighted by Gasteiger charge is -2.49. The summed E-state index contributed by atoms with van der Waals surface area (Å²) in [6.45, 7) is 3.98. The van der Waals surface area contributed by atoms with Gasteiger partial charge in [0.25, 0.3) is 11.2 Å². The molecule has 0 amide bonds. The highest BCUT2D eigenvalue weighted by atomic mass is 19.4. The van der Waals surface area contributed by atoms with Crippen LogP contribution in [0, 0.1) is 11.8 Å². The van der Waals surface area contributed by atoms with Crippen molar-refractivity contribution in [3.63, 3.8) is 0 Å². The predicted octanol–water partition coefficient (Wildman–Crippen LogP) is 5.69. The third-order valence-corrected chi connectivity index (χ3v) is 5.91. The van der Waals surface area contributed by atoms with E-state index >= 15 is 0 Å². The molecule has 2 N–H and O–H groups in total. The molecule has 0 saturated heterocycles. The lowest BCUT2D eigenvalue weighted by Crippen LogP contribution is -2.67. The first-order valence-corrected chi connectivity index (χ1v) is 9.24. The van der Waals surface area contributed by atoms with Crippen LogP contribution in [0.25, 0.3) is 0 Å². The van der Waals surface area contributed by atoms with E-state index in [1.807, 2.05) is 0 Å². The van der Waals surface area contributed by atoms with Crippen molar-refractivity contribution in [2.75, 3.05) is 0 Å². The van der Waals surface area contributed by atoms with Gasteiger partial charge in [-0.15, -0.1) is 0 Å². The highest BCUT2D eigenvalue weighted by molar-refractivity contribution is 5.08. The smallest absolute Gasteiger partial charge is 0.373 e. The van der Waals surface area contributed by atoms with Gasteiger partial charge >= 0.3 is 24.7 Å². The van der Waals surface area contributed by atoms with Crippen LogP contribution in [-0.4, -0.2) is 57.8 Å². The molecule has 2 atom stereocenters. The molecule has 2 unspecified atom stereocenters. The Morgan fingerprint density at radius 3 is 1.12 bits per heavy atom. The maximum atomic E-state index is 13.3.